The zero-order valence-electron chi connectivity index (χ0n) is 12.8. The Balaban J connectivity index is 2.01. The summed E-state index contributed by atoms with van der Waals surface area (Å²) in [5.41, 5.74) is 0.0965. The van der Waals surface area contributed by atoms with Crippen LogP contribution in [0.5, 0.6) is 5.75 Å². The molecule has 0 unspecified atom stereocenters. The number of nitrogens with zero attached hydrogens (tertiary/aromatic N) is 2. The van der Waals surface area contributed by atoms with Crippen LogP contribution in [-0.4, -0.2) is 61.1 Å². The molecule has 3 amide bonds. The summed E-state index contributed by atoms with van der Waals surface area (Å²) < 4.78 is 29.2. The van der Waals surface area contributed by atoms with Crippen molar-refractivity contribution in [2.45, 2.75) is 13.5 Å². The number of benzene rings is 1. The van der Waals surface area contributed by atoms with Crippen LogP contribution in [-0.2, 0) is 0 Å². The predicted octanol–water partition coefficient (Wildman–Crippen LogP) is 1.78. The van der Waals surface area contributed by atoms with Gasteiger partial charge >= 0.3 is 12.6 Å². The molecule has 1 aromatic rings. The summed E-state index contributed by atoms with van der Waals surface area (Å²) in [6.07, 6.45) is 0. The topological polar surface area (TPSA) is 61.9 Å². The van der Waals surface area contributed by atoms with Gasteiger partial charge in [0.15, 0.2) is 0 Å². The molecule has 6 nitrogen and oxygen atoms in total. The SMILES string of the molecule is CCNC(=O)N1CCN(C(=O)c2ccccc2OC(F)F)CC1. The molecule has 0 radical (unpaired) electrons. The first-order valence-electron chi connectivity index (χ1n) is 7.38. The molecule has 0 aliphatic carbocycles. The van der Waals surface area contributed by atoms with Crippen molar-refractivity contribution in [1.29, 1.82) is 0 Å². The summed E-state index contributed by atoms with van der Waals surface area (Å²) in [5.74, 6) is -0.518. The highest BCUT2D eigenvalue weighted by Crippen LogP contribution is 2.22. The predicted molar refractivity (Wildman–Crippen MR) is 79.6 cm³/mol. The quantitative estimate of drug-likeness (QED) is 0.917. The Morgan fingerprint density at radius 3 is 2.39 bits per heavy atom. The van der Waals surface area contributed by atoms with Gasteiger partial charge in [0.2, 0.25) is 0 Å². The lowest BCUT2D eigenvalue weighted by atomic mass is 10.1. The van der Waals surface area contributed by atoms with Crippen molar-refractivity contribution in [3.63, 3.8) is 0 Å². The van der Waals surface area contributed by atoms with Crippen molar-refractivity contribution in [2.24, 2.45) is 0 Å². The van der Waals surface area contributed by atoms with Gasteiger partial charge in [0.05, 0.1) is 5.56 Å². The summed E-state index contributed by atoms with van der Waals surface area (Å²) >= 11 is 0. The highest BCUT2D eigenvalue weighted by molar-refractivity contribution is 5.97. The minimum absolute atomic E-state index is 0.0965. The van der Waals surface area contributed by atoms with Gasteiger partial charge in [-0.1, -0.05) is 12.1 Å². The standard InChI is InChI=1S/C15H19F2N3O3/c1-2-18-15(22)20-9-7-19(8-10-20)13(21)11-5-3-4-6-12(11)23-14(16)17/h3-6,14H,2,7-10H2,1H3,(H,18,22). The van der Waals surface area contributed by atoms with Crippen molar-refractivity contribution < 1.29 is 23.1 Å². The number of hydrogen-bond donors (Lipinski definition) is 1. The second-order valence-corrected chi connectivity index (χ2v) is 4.99. The molecule has 1 aliphatic heterocycles. The van der Waals surface area contributed by atoms with Gasteiger partial charge in [-0.3, -0.25) is 4.79 Å². The maximum Gasteiger partial charge on any atom is 0.387 e. The number of hydrogen-bond acceptors (Lipinski definition) is 3. The normalized spacial score (nSPS) is 14.8. The summed E-state index contributed by atoms with van der Waals surface area (Å²) in [7, 11) is 0. The molecule has 1 N–H and O–H groups in total. The molecule has 1 saturated heterocycles. The second kappa shape index (κ2) is 7.75. The number of ether oxygens (including phenoxy) is 1. The zero-order valence-corrected chi connectivity index (χ0v) is 12.8. The van der Waals surface area contributed by atoms with Crippen LogP contribution in [0.1, 0.15) is 17.3 Å². The molecular formula is C15H19F2N3O3. The molecule has 1 fully saturated rings. The van der Waals surface area contributed by atoms with E-state index < -0.39 is 6.61 Å². The lowest BCUT2D eigenvalue weighted by Gasteiger charge is -2.34. The monoisotopic (exact) mass is 327 g/mol. The van der Waals surface area contributed by atoms with Crippen molar-refractivity contribution >= 4 is 11.9 Å². The summed E-state index contributed by atoms with van der Waals surface area (Å²) in [6, 6.07) is 5.75. The van der Waals surface area contributed by atoms with Crippen LogP contribution in [0.25, 0.3) is 0 Å². The molecule has 0 bridgehead atoms. The number of rotatable bonds is 4. The fourth-order valence-electron chi connectivity index (χ4n) is 2.39. The molecule has 1 aromatic carbocycles. The van der Waals surface area contributed by atoms with Crippen LogP contribution in [0.15, 0.2) is 24.3 Å². The smallest absolute Gasteiger partial charge is 0.387 e. The zero-order chi connectivity index (χ0) is 16.8. The first-order valence-corrected chi connectivity index (χ1v) is 7.38. The Hall–Kier alpha value is -2.38. The molecule has 0 atom stereocenters. The maximum absolute atomic E-state index is 12.5. The minimum atomic E-state index is -2.99. The van der Waals surface area contributed by atoms with Gasteiger partial charge in [-0.05, 0) is 19.1 Å². The largest absolute Gasteiger partial charge is 0.434 e. The molecule has 126 valence electrons. The summed E-state index contributed by atoms with van der Waals surface area (Å²) in [6.45, 7) is 0.870. The fourth-order valence-corrected chi connectivity index (χ4v) is 2.39. The molecule has 23 heavy (non-hydrogen) atoms. The number of carbonyl (C=O) groups excluding carboxylic acids is 2. The molecule has 0 aromatic heterocycles. The number of carbonyl (C=O) groups is 2. The maximum atomic E-state index is 12.5. The molecule has 2 rings (SSSR count). The van der Waals surface area contributed by atoms with Crippen LogP contribution >= 0.6 is 0 Å². The summed E-state index contributed by atoms with van der Waals surface area (Å²) in [5, 5.41) is 2.70. The van der Waals surface area contributed by atoms with Crippen molar-refractivity contribution in [1.82, 2.24) is 15.1 Å². The van der Waals surface area contributed by atoms with Crippen LogP contribution in [0, 0.1) is 0 Å². The molecule has 0 spiro atoms. The van der Waals surface area contributed by atoms with Gasteiger partial charge < -0.3 is 19.9 Å². The number of halogens is 2. The van der Waals surface area contributed by atoms with E-state index in [9.17, 15) is 18.4 Å². The van der Waals surface area contributed by atoms with Crippen LogP contribution in [0.2, 0.25) is 0 Å². The highest BCUT2D eigenvalue weighted by atomic mass is 19.3. The van der Waals surface area contributed by atoms with Gasteiger partial charge in [-0.15, -0.1) is 0 Å². The Morgan fingerprint density at radius 2 is 1.78 bits per heavy atom. The minimum Gasteiger partial charge on any atom is -0.434 e. The third-order valence-corrected chi connectivity index (χ3v) is 3.52. The van der Waals surface area contributed by atoms with Crippen LogP contribution < -0.4 is 10.1 Å². The number of amides is 3. The third kappa shape index (κ3) is 4.30. The number of alkyl halides is 2. The molecular weight excluding hydrogens is 308 g/mol. The van der Waals surface area contributed by atoms with Crippen molar-refractivity contribution in [2.75, 3.05) is 32.7 Å². The van der Waals surface area contributed by atoms with E-state index in [4.69, 9.17) is 0 Å². The van der Waals surface area contributed by atoms with E-state index in [0.29, 0.717) is 32.7 Å². The van der Waals surface area contributed by atoms with Gasteiger partial charge in [-0.2, -0.15) is 8.78 Å². The Bertz CT molecular complexity index is 561. The average molecular weight is 327 g/mol. The average Bonchev–Trinajstić information content (AvgIpc) is 2.54. The van der Waals surface area contributed by atoms with E-state index in [1.165, 1.54) is 23.1 Å². The van der Waals surface area contributed by atoms with Crippen LogP contribution in [0.3, 0.4) is 0 Å². The fraction of sp³-hybridized carbons (Fsp3) is 0.467. The molecule has 0 saturated carbocycles. The first-order chi connectivity index (χ1) is 11.0. The van der Waals surface area contributed by atoms with E-state index in [0.717, 1.165) is 0 Å². The second-order valence-electron chi connectivity index (χ2n) is 4.99. The molecule has 1 heterocycles. The Morgan fingerprint density at radius 1 is 1.17 bits per heavy atom. The van der Waals surface area contributed by atoms with E-state index >= 15 is 0 Å². The van der Waals surface area contributed by atoms with E-state index in [1.54, 1.807) is 11.0 Å². The third-order valence-electron chi connectivity index (χ3n) is 3.52. The number of nitrogens with one attached hydrogen (secondary N) is 1. The number of piperazine rings is 1. The van der Waals surface area contributed by atoms with E-state index in [1.807, 2.05) is 6.92 Å². The highest BCUT2D eigenvalue weighted by Gasteiger charge is 2.26. The van der Waals surface area contributed by atoms with Crippen molar-refractivity contribution in [3.05, 3.63) is 29.8 Å². The number of urea groups is 1. The first kappa shape index (κ1) is 17.0. The van der Waals surface area contributed by atoms with Gasteiger partial charge in [0, 0.05) is 32.7 Å². The Labute approximate surface area is 133 Å². The van der Waals surface area contributed by atoms with Gasteiger partial charge in [0.25, 0.3) is 5.91 Å². The molecule has 1 aliphatic rings. The van der Waals surface area contributed by atoms with Crippen molar-refractivity contribution in [3.8, 4) is 5.75 Å². The van der Waals surface area contributed by atoms with E-state index in [2.05, 4.69) is 10.1 Å². The van der Waals surface area contributed by atoms with E-state index in [-0.39, 0.29) is 23.3 Å². The van der Waals surface area contributed by atoms with Gasteiger partial charge in [-0.25, -0.2) is 4.79 Å². The summed E-state index contributed by atoms with van der Waals surface area (Å²) in [4.78, 5) is 27.4. The Kier molecular flexibility index (Phi) is 5.72. The number of para-hydroxylation sites is 1. The lowest BCUT2D eigenvalue weighted by molar-refractivity contribution is -0.0503. The van der Waals surface area contributed by atoms with Gasteiger partial charge in [0.1, 0.15) is 5.75 Å². The molecule has 8 heteroatoms. The van der Waals surface area contributed by atoms with Crippen LogP contribution in [0.4, 0.5) is 13.6 Å². The lowest BCUT2D eigenvalue weighted by Crippen LogP contribution is -2.53.